The number of hydrogen-bond donors (Lipinski definition) is 1. The Labute approximate surface area is 170 Å². The van der Waals surface area contributed by atoms with Crippen molar-refractivity contribution in [2.24, 2.45) is 0 Å². The van der Waals surface area contributed by atoms with Crippen LogP contribution in [0.25, 0.3) is 0 Å². The minimum absolute atomic E-state index is 0.00592. The van der Waals surface area contributed by atoms with Gasteiger partial charge in [-0.3, -0.25) is 14.5 Å². The molecule has 10 heteroatoms. The summed E-state index contributed by atoms with van der Waals surface area (Å²) in [4.78, 5) is 28.2. The van der Waals surface area contributed by atoms with Gasteiger partial charge < -0.3 is 19.7 Å². The van der Waals surface area contributed by atoms with Crippen LogP contribution < -0.4 is 14.8 Å². The lowest BCUT2D eigenvalue weighted by Crippen LogP contribution is -2.45. The van der Waals surface area contributed by atoms with Gasteiger partial charge in [0.05, 0.1) is 24.6 Å². The zero-order valence-electron chi connectivity index (χ0n) is 16.7. The van der Waals surface area contributed by atoms with E-state index in [9.17, 15) is 18.0 Å². The number of rotatable bonds is 7. The zero-order valence-corrected chi connectivity index (χ0v) is 17.5. The average molecular weight is 426 g/mol. The lowest BCUT2D eigenvalue weighted by Gasteiger charge is -2.27. The first-order valence-corrected chi connectivity index (χ1v) is 11.5. The molecule has 0 aromatic heterocycles. The molecule has 1 atom stereocenters. The summed E-state index contributed by atoms with van der Waals surface area (Å²) in [6.45, 7) is 3.44. The van der Waals surface area contributed by atoms with Crippen molar-refractivity contribution in [3.05, 3.63) is 18.2 Å². The first kappa shape index (κ1) is 21.4. The highest BCUT2D eigenvalue weighted by molar-refractivity contribution is 7.91. The van der Waals surface area contributed by atoms with Gasteiger partial charge in [0.2, 0.25) is 11.8 Å². The number of hydrogen-bond acceptors (Lipinski definition) is 7. The number of anilines is 1. The highest BCUT2D eigenvalue weighted by Crippen LogP contribution is 2.32. The summed E-state index contributed by atoms with van der Waals surface area (Å²) in [5.74, 6) is 0.914. The van der Waals surface area contributed by atoms with E-state index >= 15 is 0 Å². The van der Waals surface area contributed by atoms with Gasteiger partial charge >= 0.3 is 0 Å². The minimum atomic E-state index is -3.06. The van der Waals surface area contributed by atoms with Gasteiger partial charge in [0.25, 0.3) is 0 Å². The van der Waals surface area contributed by atoms with E-state index in [-0.39, 0.29) is 42.5 Å². The van der Waals surface area contributed by atoms with E-state index < -0.39 is 9.84 Å². The number of carbonyl (C=O) groups is 2. The summed E-state index contributed by atoms with van der Waals surface area (Å²) >= 11 is 0. The van der Waals surface area contributed by atoms with Crippen molar-refractivity contribution in [2.75, 3.05) is 56.7 Å². The third-order valence-electron chi connectivity index (χ3n) is 5.15. The maximum Gasteiger partial charge on any atom is 0.238 e. The molecule has 1 aromatic rings. The van der Waals surface area contributed by atoms with Gasteiger partial charge in [-0.05, 0) is 25.1 Å². The molecule has 2 heterocycles. The quantitative estimate of drug-likeness (QED) is 0.673. The number of ether oxygens (including phenoxy) is 2. The fourth-order valence-electron chi connectivity index (χ4n) is 3.39. The molecule has 29 heavy (non-hydrogen) atoms. The van der Waals surface area contributed by atoms with Crippen LogP contribution in [0.5, 0.6) is 11.5 Å². The SMILES string of the molecule is CCN(CC(=O)Nc1ccc2c(c1)OCCO2)CC(=O)N(C)C1CCS(=O)(=O)C1. The standard InChI is InChI=1S/C19H27N3O6S/c1-3-22(12-19(24)21(2)15-6-9-29(25,26)13-15)11-18(23)20-14-4-5-16-17(10-14)28-8-7-27-16/h4-5,10,15H,3,6-9,11-13H2,1-2H3,(H,20,23). The van der Waals surface area contributed by atoms with Crippen LogP contribution in [0, 0.1) is 0 Å². The number of benzene rings is 1. The van der Waals surface area contributed by atoms with Gasteiger partial charge in [-0.1, -0.05) is 6.92 Å². The third kappa shape index (κ3) is 5.60. The van der Waals surface area contributed by atoms with E-state index in [1.165, 1.54) is 4.90 Å². The average Bonchev–Trinajstić information content (AvgIpc) is 3.06. The van der Waals surface area contributed by atoms with Crippen LogP contribution in [0.3, 0.4) is 0 Å². The Kier molecular flexibility index (Phi) is 6.63. The molecule has 0 spiro atoms. The number of amides is 2. The predicted molar refractivity (Wildman–Crippen MR) is 108 cm³/mol. The van der Waals surface area contributed by atoms with E-state index in [0.717, 1.165) is 0 Å². The number of likely N-dealkylation sites (N-methyl/N-ethyl adjacent to an activating group) is 2. The van der Waals surface area contributed by atoms with E-state index in [0.29, 0.717) is 43.4 Å². The number of nitrogens with one attached hydrogen (secondary N) is 1. The monoisotopic (exact) mass is 425 g/mol. The van der Waals surface area contributed by atoms with Crippen LogP contribution in [-0.2, 0) is 19.4 Å². The fraction of sp³-hybridized carbons (Fsp3) is 0.579. The molecule has 2 aliphatic heterocycles. The van der Waals surface area contributed by atoms with Crippen molar-refractivity contribution in [2.45, 2.75) is 19.4 Å². The van der Waals surface area contributed by atoms with Crippen LogP contribution >= 0.6 is 0 Å². The molecule has 1 fully saturated rings. The summed E-state index contributed by atoms with van der Waals surface area (Å²) in [6, 6.07) is 4.90. The topological polar surface area (TPSA) is 105 Å². The Morgan fingerprint density at radius 2 is 1.90 bits per heavy atom. The van der Waals surface area contributed by atoms with Crippen molar-refractivity contribution in [3.63, 3.8) is 0 Å². The van der Waals surface area contributed by atoms with Crippen LogP contribution in [0.4, 0.5) is 5.69 Å². The van der Waals surface area contributed by atoms with E-state index in [1.807, 2.05) is 6.92 Å². The molecule has 0 aliphatic carbocycles. The Balaban J connectivity index is 1.52. The molecule has 160 valence electrons. The van der Waals surface area contributed by atoms with Crippen molar-refractivity contribution in [3.8, 4) is 11.5 Å². The van der Waals surface area contributed by atoms with Crippen LogP contribution in [-0.4, -0.2) is 87.5 Å². The molecule has 1 saturated heterocycles. The summed E-state index contributed by atoms with van der Waals surface area (Å²) in [6.07, 6.45) is 0.460. The van der Waals surface area contributed by atoms with Crippen molar-refractivity contribution in [1.29, 1.82) is 0 Å². The molecule has 1 unspecified atom stereocenters. The molecule has 0 saturated carbocycles. The van der Waals surface area contributed by atoms with Crippen LogP contribution in [0.1, 0.15) is 13.3 Å². The second kappa shape index (κ2) is 9.00. The Morgan fingerprint density at radius 3 is 2.55 bits per heavy atom. The minimum Gasteiger partial charge on any atom is -0.486 e. The molecule has 2 amide bonds. The highest BCUT2D eigenvalue weighted by Gasteiger charge is 2.33. The maximum absolute atomic E-state index is 12.5. The van der Waals surface area contributed by atoms with Gasteiger partial charge in [0.1, 0.15) is 13.2 Å². The molecule has 3 rings (SSSR count). The maximum atomic E-state index is 12.5. The van der Waals surface area contributed by atoms with Crippen molar-refractivity contribution in [1.82, 2.24) is 9.80 Å². The molecule has 0 radical (unpaired) electrons. The molecular formula is C19H27N3O6S. The molecule has 2 aliphatic rings. The Morgan fingerprint density at radius 1 is 1.17 bits per heavy atom. The molecule has 9 nitrogen and oxygen atoms in total. The zero-order chi connectivity index (χ0) is 21.0. The summed E-state index contributed by atoms with van der Waals surface area (Å²) < 4.78 is 34.2. The van der Waals surface area contributed by atoms with Crippen LogP contribution in [0.2, 0.25) is 0 Å². The van der Waals surface area contributed by atoms with Gasteiger partial charge in [-0.2, -0.15) is 0 Å². The Hall–Kier alpha value is -2.33. The van der Waals surface area contributed by atoms with Crippen molar-refractivity contribution >= 4 is 27.3 Å². The number of fused-ring (bicyclic) bond motifs is 1. The van der Waals surface area contributed by atoms with Gasteiger partial charge in [-0.25, -0.2) is 8.42 Å². The normalized spacial score (nSPS) is 19.8. The number of nitrogens with zero attached hydrogens (tertiary/aromatic N) is 2. The smallest absolute Gasteiger partial charge is 0.238 e. The van der Waals surface area contributed by atoms with E-state index in [4.69, 9.17) is 9.47 Å². The second-order valence-electron chi connectivity index (χ2n) is 7.27. The lowest BCUT2D eigenvalue weighted by atomic mass is 10.2. The van der Waals surface area contributed by atoms with Crippen molar-refractivity contribution < 1.29 is 27.5 Å². The summed E-state index contributed by atoms with van der Waals surface area (Å²) in [5.41, 5.74) is 0.593. The summed E-state index contributed by atoms with van der Waals surface area (Å²) in [5, 5.41) is 2.80. The van der Waals surface area contributed by atoms with E-state index in [1.54, 1.807) is 30.1 Å². The van der Waals surface area contributed by atoms with Gasteiger partial charge in [0.15, 0.2) is 21.3 Å². The van der Waals surface area contributed by atoms with Crippen LogP contribution in [0.15, 0.2) is 18.2 Å². The summed E-state index contributed by atoms with van der Waals surface area (Å²) in [7, 11) is -1.44. The fourth-order valence-corrected chi connectivity index (χ4v) is 5.17. The highest BCUT2D eigenvalue weighted by atomic mass is 32.2. The van der Waals surface area contributed by atoms with Gasteiger partial charge in [-0.15, -0.1) is 0 Å². The predicted octanol–water partition coefficient (Wildman–Crippen LogP) is 0.364. The molecule has 1 aromatic carbocycles. The number of carbonyl (C=O) groups excluding carboxylic acids is 2. The Bertz CT molecular complexity index is 873. The molecule has 1 N–H and O–H groups in total. The molecular weight excluding hydrogens is 398 g/mol. The lowest BCUT2D eigenvalue weighted by molar-refractivity contribution is -0.133. The first-order valence-electron chi connectivity index (χ1n) is 9.65. The van der Waals surface area contributed by atoms with Gasteiger partial charge in [0, 0.05) is 24.8 Å². The third-order valence-corrected chi connectivity index (χ3v) is 6.90. The second-order valence-corrected chi connectivity index (χ2v) is 9.50. The first-order chi connectivity index (χ1) is 13.8. The van der Waals surface area contributed by atoms with E-state index in [2.05, 4.69) is 5.32 Å². The molecule has 0 bridgehead atoms. The number of sulfone groups is 1. The largest absolute Gasteiger partial charge is 0.486 e.